The maximum absolute atomic E-state index is 9.15. The molecule has 0 bridgehead atoms. The number of nitriles is 1. The molecule has 1 aliphatic rings. The molecule has 0 amide bonds. The Kier molecular flexibility index (Phi) is 4.18. The summed E-state index contributed by atoms with van der Waals surface area (Å²) in [5.41, 5.74) is 7.40. The van der Waals surface area contributed by atoms with Gasteiger partial charge in [-0.3, -0.25) is 10.00 Å². The number of rotatable bonds is 3. The second kappa shape index (κ2) is 6.26. The van der Waals surface area contributed by atoms with Crippen molar-refractivity contribution in [3.8, 4) is 6.07 Å². The minimum Gasteiger partial charge on any atom is -0.383 e. The Hall–Kier alpha value is -2.23. The molecule has 7 heteroatoms. The molecule has 6 nitrogen and oxygen atoms in total. The van der Waals surface area contributed by atoms with Gasteiger partial charge in [0.15, 0.2) is 5.82 Å². The molecule has 3 rings (SSSR count). The Morgan fingerprint density at radius 1 is 1.23 bits per heavy atom. The number of anilines is 2. The van der Waals surface area contributed by atoms with Gasteiger partial charge < -0.3 is 10.6 Å². The second-order valence-corrected chi connectivity index (χ2v) is 5.77. The summed E-state index contributed by atoms with van der Waals surface area (Å²) in [5, 5.41) is 16.7. The highest BCUT2D eigenvalue weighted by Gasteiger charge is 2.22. The number of nitrogens with one attached hydrogen (secondary N) is 1. The topological polar surface area (TPSA) is 85.0 Å². The average Bonchev–Trinajstić information content (AvgIpc) is 2.91. The molecule has 1 saturated heterocycles. The van der Waals surface area contributed by atoms with Crippen molar-refractivity contribution in [3.63, 3.8) is 0 Å². The lowest BCUT2D eigenvalue weighted by Crippen LogP contribution is -2.46. The van der Waals surface area contributed by atoms with Crippen LogP contribution in [0.15, 0.2) is 24.3 Å². The first kappa shape index (κ1) is 14.7. The summed E-state index contributed by atoms with van der Waals surface area (Å²) in [6.07, 6.45) is 0. The van der Waals surface area contributed by atoms with E-state index in [1.54, 1.807) is 0 Å². The van der Waals surface area contributed by atoms with Crippen LogP contribution in [0.5, 0.6) is 0 Å². The van der Waals surface area contributed by atoms with Crippen molar-refractivity contribution < 1.29 is 0 Å². The predicted octanol–water partition coefficient (Wildman–Crippen LogP) is 1.84. The number of hydrogen-bond donors (Lipinski definition) is 2. The number of aromatic amines is 1. The zero-order valence-corrected chi connectivity index (χ0v) is 12.8. The molecule has 2 aromatic rings. The summed E-state index contributed by atoms with van der Waals surface area (Å²) >= 11 is 5.91. The van der Waals surface area contributed by atoms with Crippen LogP contribution in [-0.4, -0.2) is 41.3 Å². The van der Waals surface area contributed by atoms with Gasteiger partial charge in [0.25, 0.3) is 0 Å². The number of hydrogen-bond acceptors (Lipinski definition) is 5. The molecule has 0 radical (unpaired) electrons. The van der Waals surface area contributed by atoms with Gasteiger partial charge in [-0.1, -0.05) is 23.7 Å². The molecule has 0 spiro atoms. The van der Waals surface area contributed by atoms with E-state index in [2.05, 4.69) is 38.2 Å². The Bertz CT molecular complexity index is 679. The Labute approximate surface area is 134 Å². The lowest BCUT2D eigenvalue weighted by Gasteiger charge is -2.34. The van der Waals surface area contributed by atoms with Crippen LogP contribution in [0.1, 0.15) is 11.1 Å². The van der Waals surface area contributed by atoms with Crippen molar-refractivity contribution in [2.75, 3.05) is 36.8 Å². The fourth-order valence-corrected chi connectivity index (χ4v) is 2.78. The van der Waals surface area contributed by atoms with E-state index >= 15 is 0 Å². The summed E-state index contributed by atoms with van der Waals surface area (Å²) in [4.78, 5) is 4.48. The summed E-state index contributed by atoms with van der Waals surface area (Å²) < 4.78 is 0. The molecule has 0 atom stereocenters. The third-order valence-corrected chi connectivity index (χ3v) is 4.13. The first-order chi connectivity index (χ1) is 10.7. The Balaban J connectivity index is 1.60. The van der Waals surface area contributed by atoms with Gasteiger partial charge in [-0.15, -0.1) is 0 Å². The van der Waals surface area contributed by atoms with Crippen LogP contribution in [0.2, 0.25) is 5.02 Å². The minimum atomic E-state index is 0.334. The number of piperazine rings is 1. The smallest absolute Gasteiger partial charge is 0.170 e. The van der Waals surface area contributed by atoms with E-state index < -0.39 is 0 Å². The van der Waals surface area contributed by atoms with Crippen LogP contribution >= 0.6 is 11.6 Å². The fourth-order valence-electron chi connectivity index (χ4n) is 2.65. The molecule has 1 aromatic carbocycles. The molecule has 0 unspecified atom stereocenters. The maximum Gasteiger partial charge on any atom is 0.170 e. The summed E-state index contributed by atoms with van der Waals surface area (Å²) in [6.45, 7) is 4.39. The quantitative estimate of drug-likeness (QED) is 0.902. The number of nitrogen functional groups attached to an aromatic ring is 1. The van der Waals surface area contributed by atoms with Gasteiger partial charge in [0, 0.05) is 37.7 Å². The summed E-state index contributed by atoms with van der Waals surface area (Å²) in [5.74, 6) is 0.993. The van der Waals surface area contributed by atoms with Crippen LogP contribution < -0.4 is 10.6 Å². The Morgan fingerprint density at radius 2 is 1.91 bits per heavy atom. The first-order valence-electron chi connectivity index (χ1n) is 7.13. The predicted molar refractivity (Wildman–Crippen MR) is 86.7 cm³/mol. The molecule has 0 saturated carbocycles. The third-order valence-electron chi connectivity index (χ3n) is 3.88. The van der Waals surface area contributed by atoms with Gasteiger partial charge in [-0.2, -0.15) is 10.4 Å². The SMILES string of the molecule is N#Cc1c(N2CCN(Cc3ccc(Cl)cc3)CC2)n[nH]c1N. The van der Waals surface area contributed by atoms with Gasteiger partial charge >= 0.3 is 0 Å². The highest BCUT2D eigenvalue weighted by Crippen LogP contribution is 2.23. The lowest BCUT2D eigenvalue weighted by molar-refractivity contribution is 0.249. The highest BCUT2D eigenvalue weighted by atomic mass is 35.5. The van der Waals surface area contributed by atoms with E-state index in [1.165, 1.54) is 5.56 Å². The molecule has 114 valence electrons. The van der Waals surface area contributed by atoms with Gasteiger partial charge in [0.05, 0.1) is 0 Å². The highest BCUT2D eigenvalue weighted by molar-refractivity contribution is 6.30. The number of nitrogens with two attached hydrogens (primary N) is 1. The number of nitrogens with zero attached hydrogens (tertiary/aromatic N) is 4. The Morgan fingerprint density at radius 3 is 2.55 bits per heavy atom. The van der Waals surface area contributed by atoms with Crippen molar-refractivity contribution in [1.82, 2.24) is 15.1 Å². The average molecular weight is 317 g/mol. The van der Waals surface area contributed by atoms with E-state index in [4.69, 9.17) is 22.6 Å². The standard InChI is InChI=1S/C15H17ClN6/c16-12-3-1-11(2-4-12)10-21-5-7-22(8-6-21)15-13(9-17)14(18)19-20-15/h1-4H,5-8,10H2,(H3,18,19,20). The van der Waals surface area contributed by atoms with E-state index in [0.717, 1.165) is 37.7 Å². The number of halogens is 1. The zero-order valence-electron chi connectivity index (χ0n) is 12.1. The maximum atomic E-state index is 9.15. The van der Waals surface area contributed by atoms with Crippen molar-refractivity contribution in [2.45, 2.75) is 6.54 Å². The first-order valence-corrected chi connectivity index (χ1v) is 7.51. The van der Waals surface area contributed by atoms with Crippen LogP contribution in [0, 0.1) is 11.3 Å². The van der Waals surface area contributed by atoms with E-state index in [1.807, 2.05) is 12.1 Å². The normalized spacial score (nSPS) is 15.7. The van der Waals surface area contributed by atoms with E-state index in [0.29, 0.717) is 17.2 Å². The van der Waals surface area contributed by atoms with Crippen LogP contribution in [0.3, 0.4) is 0 Å². The van der Waals surface area contributed by atoms with Crippen molar-refractivity contribution in [2.24, 2.45) is 0 Å². The molecule has 1 fully saturated rings. The van der Waals surface area contributed by atoms with Gasteiger partial charge in [-0.05, 0) is 17.7 Å². The number of aromatic nitrogens is 2. The minimum absolute atomic E-state index is 0.334. The van der Waals surface area contributed by atoms with E-state index in [9.17, 15) is 0 Å². The van der Waals surface area contributed by atoms with Gasteiger partial charge in [0.1, 0.15) is 17.5 Å². The number of H-pyrrole nitrogens is 1. The van der Waals surface area contributed by atoms with Crippen LogP contribution in [0.25, 0.3) is 0 Å². The molecular weight excluding hydrogens is 300 g/mol. The van der Waals surface area contributed by atoms with Crippen LogP contribution in [0.4, 0.5) is 11.6 Å². The molecule has 1 aromatic heterocycles. The largest absolute Gasteiger partial charge is 0.383 e. The second-order valence-electron chi connectivity index (χ2n) is 5.34. The van der Waals surface area contributed by atoms with Crippen LogP contribution in [-0.2, 0) is 6.54 Å². The van der Waals surface area contributed by atoms with Gasteiger partial charge in [0.2, 0.25) is 0 Å². The number of benzene rings is 1. The summed E-state index contributed by atoms with van der Waals surface area (Å²) in [6, 6.07) is 10.0. The van der Waals surface area contributed by atoms with Crippen molar-refractivity contribution >= 4 is 23.2 Å². The molecule has 2 heterocycles. The molecule has 0 aliphatic carbocycles. The monoisotopic (exact) mass is 316 g/mol. The van der Waals surface area contributed by atoms with Crippen molar-refractivity contribution in [3.05, 3.63) is 40.4 Å². The molecule has 1 aliphatic heterocycles. The zero-order chi connectivity index (χ0) is 15.5. The molecule has 22 heavy (non-hydrogen) atoms. The van der Waals surface area contributed by atoms with Crippen molar-refractivity contribution in [1.29, 1.82) is 5.26 Å². The van der Waals surface area contributed by atoms with Gasteiger partial charge in [-0.25, -0.2) is 0 Å². The summed E-state index contributed by atoms with van der Waals surface area (Å²) in [7, 11) is 0. The fraction of sp³-hybridized carbons (Fsp3) is 0.333. The lowest BCUT2D eigenvalue weighted by atomic mass is 10.2. The third kappa shape index (κ3) is 3.01. The molecular formula is C15H17ClN6. The van der Waals surface area contributed by atoms with E-state index in [-0.39, 0.29) is 0 Å². The molecule has 3 N–H and O–H groups in total.